The third kappa shape index (κ3) is 3.96. The minimum Gasteiger partial charge on any atom is -0.493 e. The van der Waals surface area contributed by atoms with Gasteiger partial charge in [0.1, 0.15) is 11.5 Å². The van der Waals surface area contributed by atoms with Crippen molar-refractivity contribution in [2.75, 3.05) is 42.6 Å². The standard InChI is InChI=1S/C22H27F2N5O5/c1-27(16(31)11-30)21-25-9-12-10-28(19-17(23)14(33-2)8-15(34-3)18(19)24)22(32)29(20(12)26-21)13-6-4-5-7-13/h8-9,13,16,30-31H,4-7,10-11H2,1-3H3. The molecule has 184 valence electrons. The molecule has 1 aliphatic carbocycles. The second kappa shape index (κ2) is 9.55. The lowest BCUT2D eigenvalue weighted by molar-refractivity contribution is 0.0947. The maximum absolute atomic E-state index is 15.3. The van der Waals surface area contributed by atoms with Gasteiger partial charge in [-0.2, -0.15) is 4.98 Å². The van der Waals surface area contributed by atoms with Crippen LogP contribution >= 0.6 is 0 Å². The molecular formula is C22H27F2N5O5. The highest BCUT2D eigenvalue weighted by Crippen LogP contribution is 2.42. The Bertz CT molecular complexity index is 1050. The van der Waals surface area contributed by atoms with Crippen LogP contribution in [0.4, 0.5) is 31.0 Å². The maximum Gasteiger partial charge on any atom is 0.330 e. The lowest BCUT2D eigenvalue weighted by Crippen LogP contribution is -2.52. The smallest absolute Gasteiger partial charge is 0.330 e. The van der Waals surface area contributed by atoms with E-state index in [1.165, 1.54) is 37.3 Å². The Hall–Kier alpha value is -3.25. The van der Waals surface area contributed by atoms with Gasteiger partial charge in [-0.15, -0.1) is 0 Å². The van der Waals surface area contributed by atoms with Crippen LogP contribution in [-0.2, 0) is 6.54 Å². The predicted molar refractivity (Wildman–Crippen MR) is 119 cm³/mol. The number of rotatable bonds is 7. The Balaban J connectivity index is 1.84. The van der Waals surface area contributed by atoms with Gasteiger partial charge in [-0.05, 0) is 12.8 Å². The number of hydrogen-bond acceptors (Lipinski definition) is 8. The molecule has 34 heavy (non-hydrogen) atoms. The number of nitrogens with zero attached hydrogens (tertiary/aromatic N) is 5. The summed E-state index contributed by atoms with van der Waals surface area (Å²) in [5.74, 6) is -2.15. The summed E-state index contributed by atoms with van der Waals surface area (Å²) in [5.41, 5.74) is -0.102. The molecule has 1 aliphatic heterocycles. The number of carbonyl (C=O) groups excluding carboxylic acids is 1. The van der Waals surface area contributed by atoms with Gasteiger partial charge in [0, 0.05) is 30.9 Å². The maximum atomic E-state index is 15.3. The summed E-state index contributed by atoms with van der Waals surface area (Å²) in [5, 5.41) is 19.2. The van der Waals surface area contributed by atoms with Gasteiger partial charge in [0.2, 0.25) is 5.95 Å². The number of benzene rings is 1. The Morgan fingerprint density at radius 3 is 2.38 bits per heavy atom. The summed E-state index contributed by atoms with van der Waals surface area (Å²) in [6.45, 7) is -0.722. The minimum absolute atomic E-state index is 0.102. The molecule has 1 saturated carbocycles. The fourth-order valence-corrected chi connectivity index (χ4v) is 4.37. The van der Waals surface area contributed by atoms with Crippen molar-refractivity contribution < 1.29 is 33.3 Å². The third-order valence-electron chi connectivity index (χ3n) is 6.26. The number of ether oxygens (including phenoxy) is 2. The average molecular weight is 479 g/mol. The van der Waals surface area contributed by atoms with Crippen molar-refractivity contribution in [1.82, 2.24) is 9.97 Å². The van der Waals surface area contributed by atoms with Gasteiger partial charge >= 0.3 is 6.03 Å². The van der Waals surface area contributed by atoms with Crippen LogP contribution in [0.15, 0.2) is 12.3 Å². The summed E-state index contributed by atoms with van der Waals surface area (Å²) in [6.07, 6.45) is 3.44. The molecule has 2 aliphatic rings. The molecule has 0 spiro atoms. The zero-order valence-corrected chi connectivity index (χ0v) is 19.2. The van der Waals surface area contributed by atoms with Crippen molar-refractivity contribution in [3.8, 4) is 11.5 Å². The molecule has 0 saturated heterocycles. The predicted octanol–water partition coefficient (Wildman–Crippen LogP) is 2.41. The van der Waals surface area contributed by atoms with Gasteiger partial charge in [-0.25, -0.2) is 18.6 Å². The van der Waals surface area contributed by atoms with Gasteiger partial charge < -0.3 is 24.6 Å². The Morgan fingerprint density at radius 2 is 1.82 bits per heavy atom. The molecule has 1 atom stereocenters. The van der Waals surface area contributed by atoms with Crippen molar-refractivity contribution in [2.24, 2.45) is 0 Å². The average Bonchev–Trinajstić information content (AvgIpc) is 3.37. The molecule has 2 aromatic rings. The van der Waals surface area contributed by atoms with Crippen LogP contribution in [0.2, 0.25) is 0 Å². The molecule has 1 aromatic heterocycles. The largest absolute Gasteiger partial charge is 0.493 e. The van der Waals surface area contributed by atoms with E-state index in [2.05, 4.69) is 9.97 Å². The van der Waals surface area contributed by atoms with Crippen molar-refractivity contribution in [3.63, 3.8) is 0 Å². The number of amides is 2. The van der Waals surface area contributed by atoms with E-state index in [9.17, 15) is 15.0 Å². The number of anilines is 3. The van der Waals surface area contributed by atoms with E-state index < -0.39 is 36.2 Å². The molecule has 1 fully saturated rings. The summed E-state index contributed by atoms with van der Waals surface area (Å²) >= 11 is 0. The number of aliphatic hydroxyl groups excluding tert-OH is 2. The normalized spacial score (nSPS) is 17.1. The first-order valence-electron chi connectivity index (χ1n) is 10.9. The Kier molecular flexibility index (Phi) is 6.71. The minimum atomic E-state index is -1.23. The number of fused-ring (bicyclic) bond motifs is 1. The van der Waals surface area contributed by atoms with Crippen LogP contribution in [0.25, 0.3) is 0 Å². The molecule has 1 aromatic carbocycles. The highest BCUT2D eigenvalue weighted by atomic mass is 19.1. The number of aromatic nitrogens is 2. The van der Waals surface area contributed by atoms with Crippen LogP contribution in [-0.4, -0.2) is 66.4 Å². The van der Waals surface area contributed by atoms with Crippen LogP contribution in [0.1, 0.15) is 31.2 Å². The molecule has 1 unspecified atom stereocenters. The molecule has 4 rings (SSSR count). The number of urea groups is 1. The number of methoxy groups -OCH3 is 2. The van der Waals surface area contributed by atoms with Crippen molar-refractivity contribution >= 4 is 23.5 Å². The topological polar surface area (TPSA) is 111 Å². The fraction of sp³-hybridized carbons (Fsp3) is 0.500. The number of aliphatic hydroxyl groups is 2. The quantitative estimate of drug-likeness (QED) is 0.583. The van der Waals surface area contributed by atoms with Gasteiger partial charge in [0.25, 0.3) is 0 Å². The van der Waals surface area contributed by atoms with E-state index >= 15 is 8.78 Å². The van der Waals surface area contributed by atoms with Gasteiger partial charge in [0.15, 0.2) is 29.4 Å². The van der Waals surface area contributed by atoms with E-state index in [4.69, 9.17) is 9.47 Å². The second-order valence-electron chi connectivity index (χ2n) is 8.23. The fourth-order valence-electron chi connectivity index (χ4n) is 4.37. The number of likely N-dealkylation sites (N-methyl/N-ethyl adjacent to an activating group) is 1. The van der Waals surface area contributed by atoms with Crippen molar-refractivity contribution in [2.45, 2.75) is 44.5 Å². The summed E-state index contributed by atoms with van der Waals surface area (Å²) < 4.78 is 40.6. The third-order valence-corrected chi connectivity index (χ3v) is 6.26. The SMILES string of the molecule is COc1cc(OC)c(F)c(N2Cc3cnc(N(C)C(O)CO)nc3N(C3CCCC3)C2=O)c1F. The van der Waals surface area contributed by atoms with E-state index in [-0.39, 0.29) is 30.0 Å². The monoisotopic (exact) mass is 479 g/mol. The van der Waals surface area contributed by atoms with Crippen molar-refractivity contribution in [3.05, 3.63) is 29.5 Å². The van der Waals surface area contributed by atoms with E-state index in [0.29, 0.717) is 24.2 Å². The molecule has 0 bridgehead atoms. The van der Waals surface area contributed by atoms with Crippen LogP contribution < -0.4 is 24.2 Å². The summed E-state index contributed by atoms with van der Waals surface area (Å²) in [6, 6.07) is 0.231. The second-order valence-corrected chi connectivity index (χ2v) is 8.23. The first-order valence-corrected chi connectivity index (χ1v) is 10.9. The number of carbonyl (C=O) groups is 1. The Labute approximate surface area is 195 Å². The van der Waals surface area contributed by atoms with Crippen LogP contribution in [0.3, 0.4) is 0 Å². The van der Waals surface area contributed by atoms with Crippen molar-refractivity contribution in [1.29, 1.82) is 0 Å². The molecule has 2 heterocycles. The first-order chi connectivity index (χ1) is 16.3. The lowest BCUT2D eigenvalue weighted by atomic mass is 10.1. The van der Waals surface area contributed by atoms with Crippen LogP contribution in [0.5, 0.6) is 11.5 Å². The first kappa shape index (κ1) is 23.9. The highest BCUT2D eigenvalue weighted by molar-refractivity contribution is 6.06. The van der Waals surface area contributed by atoms with E-state index in [0.717, 1.165) is 23.8 Å². The highest BCUT2D eigenvalue weighted by Gasteiger charge is 2.41. The number of halogens is 2. The van der Waals surface area contributed by atoms with E-state index in [1.807, 2.05) is 0 Å². The van der Waals surface area contributed by atoms with Crippen LogP contribution in [0, 0.1) is 11.6 Å². The molecule has 0 radical (unpaired) electrons. The van der Waals surface area contributed by atoms with Gasteiger partial charge in [-0.3, -0.25) is 9.80 Å². The summed E-state index contributed by atoms with van der Waals surface area (Å²) in [7, 11) is 3.99. The molecule has 10 nitrogen and oxygen atoms in total. The lowest BCUT2D eigenvalue weighted by Gasteiger charge is -2.39. The summed E-state index contributed by atoms with van der Waals surface area (Å²) in [4.78, 5) is 26.2. The number of hydrogen-bond donors (Lipinski definition) is 2. The zero-order chi connectivity index (χ0) is 24.6. The molecule has 12 heteroatoms. The van der Waals surface area contributed by atoms with Gasteiger partial charge in [0.05, 0.1) is 27.4 Å². The molecular weight excluding hydrogens is 452 g/mol. The van der Waals surface area contributed by atoms with E-state index in [1.54, 1.807) is 0 Å². The molecule has 2 N–H and O–H groups in total. The Morgan fingerprint density at radius 1 is 1.21 bits per heavy atom. The zero-order valence-electron chi connectivity index (χ0n) is 19.2. The molecule has 2 amide bonds. The van der Waals surface area contributed by atoms with Gasteiger partial charge in [-0.1, -0.05) is 12.8 Å².